The Morgan fingerprint density at radius 2 is 2.00 bits per heavy atom. The first-order valence-electron chi connectivity index (χ1n) is 5.77. The molecule has 0 aliphatic carbocycles. The third-order valence-corrected chi connectivity index (χ3v) is 2.33. The van der Waals surface area contributed by atoms with Crippen LogP contribution in [-0.4, -0.2) is 26.3 Å². The van der Waals surface area contributed by atoms with Crippen LogP contribution in [0.4, 0.5) is 17.6 Å². The molecule has 2 aromatic rings. The first-order valence-corrected chi connectivity index (χ1v) is 5.77. The predicted molar refractivity (Wildman–Crippen MR) is 71.1 cm³/mol. The number of aromatic nitrogens is 4. The molecule has 0 unspecified atom stereocenters. The van der Waals surface area contributed by atoms with Gasteiger partial charge in [-0.05, 0) is 6.92 Å². The highest BCUT2D eigenvalue weighted by Crippen LogP contribution is 2.13. The third-order valence-electron chi connectivity index (χ3n) is 2.33. The number of aryl methyl sites for hydroxylation is 1. The van der Waals surface area contributed by atoms with Crippen LogP contribution in [0.15, 0.2) is 18.5 Å². The summed E-state index contributed by atoms with van der Waals surface area (Å²) < 4.78 is 1.76. The standard InChI is InChI=1S/C11H17N7/c1-3-13-9-4-10(17-11(12)16-9)14-5-8-6-15-18(2)7-8/h4,6-7H,3,5H2,1-2H3,(H4,12,13,14,16,17). The van der Waals surface area contributed by atoms with Gasteiger partial charge in [0, 0.05) is 38.0 Å². The fourth-order valence-electron chi connectivity index (χ4n) is 1.58. The normalized spacial score (nSPS) is 10.3. The molecule has 0 bridgehead atoms. The maximum absolute atomic E-state index is 5.64. The van der Waals surface area contributed by atoms with Crippen molar-refractivity contribution >= 4 is 17.6 Å². The van der Waals surface area contributed by atoms with Crippen LogP contribution in [0.2, 0.25) is 0 Å². The Kier molecular flexibility index (Phi) is 3.61. The van der Waals surface area contributed by atoms with E-state index in [9.17, 15) is 0 Å². The Bertz CT molecular complexity index is 520. The van der Waals surface area contributed by atoms with Crippen molar-refractivity contribution in [2.75, 3.05) is 22.9 Å². The van der Waals surface area contributed by atoms with E-state index in [4.69, 9.17) is 5.73 Å². The maximum atomic E-state index is 5.64. The van der Waals surface area contributed by atoms with E-state index in [1.807, 2.05) is 32.4 Å². The molecule has 7 heteroatoms. The molecular weight excluding hydrogens is 230 g/mol. The molecule has 0 spiro atoms. The quantitative estimate of drug-likeness (QED) is 0.724. The number of nitrogen functional groups attached to an aromatic ring is 1. The van der Waals surface area contributed by atoms with Crippen LogP contribution in [-0.2, 0) is 13.6 Å². The maximum Gasteiger partial charge on any atom is 0.223 e. The zero-order valence-electron chi connectivity index (χ0n) is 10.5. The second-order valence-electron chi connectivity index (χ2n) is 3.90. The lowest BCUT2D eigenvalue weighted by Gasteiger charge is -2.08. The molecule has 0 amide bonds. The molecule has 18 heavy (non-hydrogen) atoms. The van der Waals surface area contributed by atoms with Crippen LogP contribution < -0.4 is 16.4 Å². The smallest absolute Gasteiger partial charge is 0.223 e. The van der Waals surface area contributed by atoms with Crippen molar-refractivity contribution in [3.63, 3.8) is 0 Å². The molecule has 0 saturated carbocycles. The molecule has 0 aromatic carbocycles. The van der Waals surface area contributed by atoms with Crippen LogP contribution >= 0.6 is 0 Å². The minimum Gasteiger partial charge on any atom is -0.370 e. The van der Waals surface area contributed by atoms with Crippen LogP contribution in [0.1, 0.15) is 12.5 Å². The fourth-order valence-corrected chi connectivity index (χ4v) is 1.58. The average molecular weight is 247 g/mol. The monoisotopic (exact) mass is 247 g/mol. The lowest BCUT2D eigenvalue weighted by molar-refractivity contribution is 0.767. The molecule has 2 heterocycles. The van der Waals surface area contributed by atoms with Gasteiger partial charge in [0.15, 0.2) is 0 Å². The first kappa shape index (κ1) is 12.2. The molecule has 96 valence electrons. The van der Waals surface area contributed by atoms with Gasteiger partial charge in [0.1, 0.15) is 11.6 Å². The Morgan fingerprint density at radius 3 is 2.61 bits per heavy atom. The number of rotatable bonds is 5. The molecule has 4 N–H and O–H groups in total. The number of nitrogens with two attached hydrogens (primary N) is 1. The lowest BCUT2D eigenvalue weighted by Crippen LogP contribution is -2.07. The van der Waals surface area contributed by atoms with Gasteiger partial charge >= 0.3 is 0 Å². The van der Waals surface area contributed by atoms with Crippen LogP contribution in [0.25, 0.3) is 0 Å². The fraction of sp³-hybridized carbons (Fsp3) is 0.364. The van der Waals surface area contributed by atoms with Gasteiger partial charge in [0.2, 0.25) is 5.95 Å². The average Bonchev–Trinajstić information content (AvgIpc) is 2.72. The zero-order valence-corrected chi connectivity index (χ0v) is 10.5. The van der Waals surface area contributed by atoms with E-state index in [2.05, 4.69) is 25.7 Å². The number of hydrogen-bond acceptors (Lipinski definition) is 6. The summed E-state index contributed by atoms with van der Waals surface area (Å²) in [7, 11) is 1.88. The van der Waals surface area contributed by atoms with Crippen molar-refractivity contribution < 1.29 is 0 Å². The molecule has 0 saturated heterocycles. The van der Waals surface area contributed by atoms with Gasteiger partial charge in [-0.15, -0.1) is 0 Å². The first-order chi connectivity index (χ1) is 8.67. The highest BCUT2D eigenvalue weighted by molar-refractivity contribution is 5.51. The van der Waals surface area contributed by atoms with Gasteiger partial charge in [-0.25, -0.2) is 0 Å². The summed E-state index contributed by atoms with van der Waals surface area (Å²) in [4.78, 5) is 8.21. The van der Waals surface area contributed by atoms with Gasteiger partial charge < -0.3 is 16.4 Å². The van der Waals surface area contributed by atoms with Gasteiger partial charge in [0.25, 0.3) is 0 Å². The van der Waals surface area contributed by atoms with E-state index in [1.54, 1.807) is 4.68 Å². The molecule has 2 rings (SSSR count). The van der Waals surface area contributed by atoms with Crippen LogP contribution in [0.3, 0.4) is 0 Å². The second-order valence-corrected chi connectivity index (χ2v) is 3.90. The van der Waals surface area contributed by atoms with Crippen molar-refractivity contribution in [3.8, 4) is 0 Å². The Hall–Kier alpha value is -2.31. The molecule has 0 aliphatic rings. The molecular formula is C11H17N7. The van der Waals surface area contributed by atoms with E-state index in [1.165, 1.54) is 0 Å². The number of hydrogen-bond donors (Lipinski definition) is 3. The summed E-state index contributed by atoms with van der Waals surface area (Å²) >= 11 is 0. The minimum absolute atomic E-state index is 0.252. The van der Waals surface area contributed by atoms with Crippen LogP contribution in [0, 0.1) is 0 Å². The molecule has 0 fully saturated rings. The van der Waals surface area contributed by atoms with Crippen LogP contribution in [0.5, 0.6) is 0 Å². The highest BCUT2D eigenvalue weighted by Gasteiger charge is 2.02. The van der Waals surface area contributed by atoms with Crippen molar-refractivity contribution in [2.45, 2.75) is 13.5 Å². The lowest BCUT2D eigenvalue weighted by atomic mass is 10.3. The SMILES string of the molecule is CCNc1cc(NCc2cnn(C)c2)nc(N)n1. The van der Waals surface area contributed by atoms with Gasteiger partial charge in [0.05, 0.1) is 6.20 Å². The van der Waals surface area contributed by atoms with E-state index in [0.717, 1.165) is 17.9 Å². The summed E-state index contributed by atoms with van der Waals surface area (Å²) in [5.41, 5.74) is 6.73. The van der Waals surface area contributed by atoms with E-state index >= 15 is 0 Å². The molecule has 0 radical (unpaired) electrons. The molecule has 2 aromatic heterocycles. The number of nitrogens with one attached hydrogen (secondary N) is 2. The van der Waals surface area contributed by atoms with Crippen molar-refractivity contribution in [2.24, 2.45) is 7.05 Å². The minimum atomic E-state index is 0.252. The van der Waals surface area contributed by atoms with Gasteiger partial charge in [-0.2, -0.15) is 15.1 Å². The molecule has 0 aliphatic heterocycles. The summed E-state index contributed by atoms with van der Waals surface area (Å²) in [5, 5.41) is 10.4. The van der Waals surface area contributed by atoms with Gasteiger partial charge in [-0.1, -0.05) is 0 Å². The Morgan fingerprint density at radius 1 is 1.28 bits per heavy atom. The summed E-state index contributed by atoms with van der Waals surface area (Å²) in [6, 6.07) is 1.83. The predicted octanol–water partition coefficient (Wildman–Crippen LogP) is 0.836. The molecule has 7 nitrogen and oxygen atoms in total. The van der Waals surface area contributed by atoms with E-state index in [-0.39, 0.29) is 5.95 Å². The number of nitrogens with zero attached hydrogens (tertiary/aromatic N) is 4. The number of anilines is 3. The zero-order chi connectivity index (χ0) is 13.0. The molecule has 0 atom stereocenters. The largest absolute Gasteiger partial charge is 0.370 e. The summed E-state index contributed by atoms with van der Waals surface area (Å²) in [6.07, 6.45) is 3.76. The second kappa shape index (κ2) is 5.35. The highest BCUT2D eigenvalue weighted by atomic mass is 15.2. The summed E-state index contributed by atoms with van der Waals surface area (Å²) in [6.45, 7) is 3.44. The third kappa shape index (κ3) is 3.09. The Labute approximate surface area is 105 Å². The van der Waals surface area contributed by atoms with Crippen molar-refractivity contribution in [1.82, 2.24) is 19.7 Å². The van der Waals surface area contributed by atoms with Crippen molar-refractivity contribution in [3.05, 3.63) is 24.0 Å². The van der Waals surface area contributed by atoms with E-state index in [0.29, 0.717) is 12.4 Å². The van der Waals surface area contributed by atoms with Gasteiger partial charge in [-0.3, -0.25) is 4.68 Å². The topological polar surface area (TPSA) is 93.7 Å². The van der Waals surface area contributed by atoms with Crippen molar-refractivity contribution in [1.29, 1.82) is 0 Å². The van der Waals surface area contributed by atoms with E-state index < -0.39 is 0 Å². The Balaban J connectivity index is 2.04. The summed E-state index contributed by atoms with van der Waals surface area (Å²) in [5.74, 6) is 1.67.